The number of carbonyl (C=O) groups is 1. The van der Waals surface area contributed by atoms with Crippen LogP contribution in [0, 0.1) is 0 Å². The Balaban J connectivity index is 1.99. The third kappa shape index (κ3) is 2.61. The number of rotatable bonds is 3. The Morgan fingerprint density at radius 3 is 2.60 bits per heavy atom. The third-order valence-electron chi connectivity index (χ3n) is 4.01. The summed E-state index contributed by atoms with van der Waals surface area (Å²) in [6, 6.07) is 15.4. The summed E-state index contributed by atoms with van der Waals surface area (Å²) >= 11 is 0. The lowest BCUT2D eigenvalue weighted by atomic mass is 10.0. The van der Waals surface area contributed by atoms with Crippen LogP contribution in [0.2, 0.25) is 0 Å². The van der Waals surface area contributed by atoms with E-state index in [2.05, 4.69) is 10.4 Å². The van der Waals surface area contributed by atoms with Crippen molar-refractivity contribution in [2.24, 2.45) is 7.05 Å². The fourth-order valence-corrected chi connectivity index (χ4v) is 2.92. The molecule has 7 nitrogen and oxygen atoms in total. The number of aromatic nitrogens is 4. The summed E-state index contributed by atoms with van der Waals surface area (Å²) in [5.74, 6) is 0. The molecule has 0 unspecified atom stereocenters. The van der Waals surface area contributed by atoms with E-state index in [1.165, 1.54) is 0 Å². The number of nitrogens with zero attached hydrogens (tertiary/aromatic N) is 4. The van der Waals surface area contributed by atoms with Crippen LogP contribution in [0.1, 0.15) is 0 Å². The Morgan fingerprint density at radius 2 is 1.92 bits per heavy atom. The van der Waals surface area contributed by atoms with Crippen LogP contribution in [0.5, 0.6) is 0 Å². The second-order valence-corrected chi connectivity index (χ2v) is 5.61. The zero-order valence-corrected chi connectivity index (χ0v) is 13.4. The van der Waals surface area contributed by atoms with Crippen molar-refractivity contribution < 1.29 is 9.90 Å². The van der Waals surface area contributed by atoms with E-state index < -0.39 is 6.09 Å². The molecule has 124 valence electrons. The number of fused-ring (bicyclic) bond motifs is 1. The van der Waals surface area contributed by atoms with Crippen molar-refractivity contribution >= 4 is 17.3 Å². The molecule has 2 N–H and O–H groups in total. The minimum Gasteiger partial charge on any atom is -0.465 e. The molecule has 0 atom stereocenters. The van der Waals surface area contributed by atoms with Gasteiger partial charge in [-0.3, -0.25) is 10.00 Å². The molecule has 1 amide bonds. The van der Waals surface area contributed by atoms with E-state index >= 15 is 0 Å². The average Bonchev–Trinajstić information content (AvgIpc) is 3.17. The fraction of sp³-hybridized carbons (Fsp3) is 0.0556. The molecule has 0 aliphatic heterocycles. The highest BCUT2D eigenvalue weighted by Gasteiger charge is 2.19. The van der Waals surface area contributed by atoms with Gasteiger partial charge in [0, 0.05) is 18.8 Å². The van der Waals surface area contributed by atoms with Crippen LogP contribution in [0.15, 0.2) is 60.9 Å². The van der Waals surface area contributed by atoms with Crippen molar-refractivity contribution in [2.75, 3.05) is 5.32 Å². The highest BCUT2D eigenvalue weighted by molar-refractivity contribution is 5.92. The van der Waals surface area contributed by atoms with Crippen LogP contribution in [-0.4, -0.2) is 30.6 Å². The minimum absolute atomic E-state index is 0.457. The molecule has 0 saturated carbocycles. The smallest absolute Gasteiger partial charge is 0.409 e. The predicted molar refractivity (Wildman–Crippen MR) is 94.5 cm³/mol. The Hall–Kier alpha value is -3.61. The van der Waals surface area contributed by atoms with Gasteiger partial charge in [-0.05, 0) is 18.2 Å². The van der Waals surface area contributed by atoms with Gasteiger partial charge >= 0.3 is 6.09 Å². The molecule has 0 radical (unpaired) electrons. The summed E-state index contributed by atoms with van der Waals surface area (Å²) in [7, 11) is 1.88. The number of aryl methyl sites for hydroxylation is 1. The van der Waals surface area contributed by atoms with E-state index in [0.29, 0.717) is 5.69 Å². The molecule has 3 heterocycles. The topological polar surface area (TPSA) is 84.5 Å². The summed E-state index contributed by atoms with van der Waals surface area (Å²) in [6.45, 7) is 0. The van der Waals surface area contributed by atoms with Crippen molar-refractivity contribution in [1.82, 2.24) is 19.4 Å². The summed E-state index contributed by atoms with van der Waals surface area (Å²) in [6.07, 6.45) is 2.30. The lowest BCUT2D eigenvalue weighted by molar-refractivity contribution is 0.209. The molecular formula is C18H15N5O2. The van der Waals surface area contributed by atoms with E-state index in [0.717, 1.165) is 28.0 Å². The maximum absolute atomic E-state index is 10.9. The number of hydrogen-bond donors (Lipinski definition) is 2. The molecule has 25 heavy (non-hydrogen) atoms. The minimum atomic E-state index is -1.11. The van der Waals surface area contributed by atoms with Crippen molar-refractivity contribution in [3.63, 3.8) is 0 Å². The summed E-state index contributed by atoms with van der Waals surface area (Å²) < 4.78 is 3.49. The Bertz CT molecular complexity index is 1070. The van der Waals surface area contributed by atoms with Crippen LogP contribution < -0.4 is 5.32 Å². The molecular weight excluding hydrogens is 318 g/mol. The summed E-state index contributed by atoms with van der Waals surface area (Å²) in [4.78, 5) is 10.9. The number of amides is 1. The maximum Gasteiger partial charge on any atom is 0.409 e. The van der Waals surface area contributed by atoms with Gasteiger partial charge in [-0.1, -0.05) is 30.3 Å². The zero-order chi connectivity index (χ0) is 17.4. The Kier molecular flexibility index (Phi) is 3.46. The fourth-order valence-electron chi connectivity index (χ4n) is 2.92. The van der Waals surface area contributed by atoms with Gasteiger partial charge in [0.25, 0.3) is 0 Å². The SMILES string of the molecule is Cn1nccc1-c1c(-c2ccccc2)nn2cc(NC(=O)O)ccc12. The van der Waals surface area contributed by atoms with Gasteiger partial charge < -0.3 is 5.11 Å². The quantitative estimate of drug-likeness (QED) is 0.601. The Morgan fingerprint density at radius 1 is 1.12 bits per heavy atom. The molecule has 0 fully saturated rings. The average molecular weight is 333 g/mol. The van der Waals surface area contributed by atoms with Crippen molar-refractivity contribution in [2.45, 2.75) is 0 Å². The van der Waals surface area contributed by atoms with Gasteiger partial charge in [0.15, 0.2) is 0 Å². The zero-order valence-electron chi connectivity index (χ0n) is 13.4. The van der Waals surface area contributed by atoms with E-state index in [1.54, 1.807) is 27.7 Å². The lowest BCUT2D eigenvalue weighted by Gasteiger charge is -2.05. The van der Waals surface area contributed by atoms with Gasteiger partial charge in [0.2, 0.25) is 0 Å². The summed E-state index contributed by atoms with van der Waals surface area (Å²) in [5, 5.41) is 20.2. The molecule has 1 aromatic carbocycles. The highest BCUT2D eigenvalue weighted by atomic mass is 16.4. The monoisotopic (exact) mass is 333 g/mol. The first-order valence-corrected chi connectivity index (χ1v) is 7.69. The molecule has 7 heteroatoms. The standard InChI is InChI=1S/C18H15N5O2/c1-22-14(9-10-19-22)16-15-8-7-13(20-18(24)25)11-23(15)21-17(16)12-5-3-2-4-6-12/h2-11,20H,1H3,(H,24,25). The van der Waals surface area contributed by atoms with Gasteiger partial charge in [-0.15, -0.1) is 0 Å². The largest absolute Gasteiger partial charge is 0.465 e. The van der Waals surface area contributed by atoms with E-state index in [-0.39, 0.29) is 0 Å². The Labute approximate surface area is 143 Å². The molecule has 0 spiro atoms. The van der Waals surface area contributed by atoms with E-state index in [4.69, 9.17) is 10.2 Å². The molecule has 4 aromatic rings. The van der Waals surface area contributed by atoms with Crippen molar-refractivity contribution in [3.8, 4) is 22.5 Å². The number of carboxylic acid groups (broad SMARTS) is 1. The van der Waals surface area contributed by atoms with Crippen LogP contribution >= 0.6 is 0 Å². The lowest BCUT2D eigenvalue weighted by Crippen LogP contribution is -2.07. The normalized spacial score (nSPS) is 10.9. The van der Waals surface area contributed by atoms with Crippen LogP contribution in [0.25, 0.3) is 28.0 Å². The maximum atomic E-state index is 10.9. The second-order valence-electron chi connectivity index (χ2n) is 5.61. The van der Waals surface area contributed by atoms with Gasteiger partial charge in [0.05, 0.1) is 28.7 Å². The second kappa shape index (κ2) is 5.79. The molecule has 0 aliphatic rings. The molecule has 0 aliphatic carbocycles. The van der Waals surface area contributed by atoms with Gasteiger partial charge in [-0.25, -0.2) is 9.31 Å². The van der Waals surface area contributed by atoms with E-state index in [1.807, 2.05) is 49.5 Å². The highest BCUT2D eigenvalue weighted by Crippen LogP contribution is 2.35. The van der Waals surface area contributed by atoms with Crippen LogP contribution in [0.4, 0.5) is 10.5 Å². The number of nitrogens with one attached hydrogen (secondary N) is 1. The third-order valence-corrected chi connectivity index (χ3v) is 4.01. The number of benzene rings is 1. The first-order chi connectivity index (χ1) is 12.1. The summed E-state index contributed by atoms with van der Waals surface area (Å²) in [5.41, 5.74) is 5.02. The van der Waals surface area contributed by atoms with Gasteiger partial charge in [-0.2, -0.15) is 10.2 Å². The number of pyridine rings is 1. The van der Waals surface area contributed by atoms with Crippen molar-refractivity contribution in [1.29, 1.82) is 0 Å². The number of hydrogen-bond acceptors (Lipinski definition) is 3. The predicted octanol–water partition coefficient (Wildman–Crippen LogP) is 3.49. The van der Waals surface area contributed by atoms with E-state index in [9.17, 15) is 4.79 Å². The van der Waals surface area contributed by atoms with Crippen LogP contribution in [0.3, 0.4) is 0 Å². The first kappa shape index (κ1) is 14.9. The molecule has 0 bridgehead atoms. The molecule has 4 rings (SSSR count). The van der Waals surface area contributed by atoms with Crippen LogP contribution in [-0.2, 0) is 7.05 Å². The van der Waals surface area contributed by atoms with Crippen molar-refractivity contribution in [3.05, 3.63) is 60.9 Å². The first-order valence-electron chi connectivity index (χ1n) is 7.69. The number of anilines is 1. The molecule has 3 aromatic heterocycles. The molecule has 0 saturated heterocycles. The van der Waals surface area contributed by atoms with Gasteiger partial charge in [0.1, 0.15) is 5.69 Å².